The summed E-state index contributed by atoms with van der Waals surface area (Å²) in [5.74, 6) is -0.244. The van der Waals surface area contributed by atoms with Crippen molar-refractivity contribution in [2.24, 2.45) is 5.92 Å². The lowest BCUT2D eigenvalue weighted by molar-refractivity contribution is -0.136. The average Bonchev–Trinajstić information content (AvgIpc) is 3.19. The van der Waals surface area contributed by atoms with E-state index in [1.54, 1.807) is 4.90 Å². The fourth-order valence-electron chi connectivity index (χ4n) is 5.72. The Morgan fingerprint density at radius 2 is 1.77 bits per heavy atom. The van der Waals surface area contributed by atoms with Gasteiger partial charge >= 0.3 is 0 Å². The number of imide groups is 1. The smallest absolute Gasteiger partial charge is 0.255 e. The molecular formula is C28H30N4O3. The molecule has 7 nitrogen and oxygen atoms in total. The van der Waals surface area contributed by atoms with E-state index in [2.05, 4.69) is 27.6 Å². The predicted octanol–water partition coefficient (Wildman–Crippen LogP) is 3.89. The van der Waals surface area contributed by atoms with Gasteiger partial charge in [0.05, 0.1) is 6.57 Å². The lowest BCUT2D eigenvalue weighted by Crippen LogP contribution is -2.52. The summed E-state index contributed by atoms with van der Waals surface area (Å²) in [4.78, 5) is 41.8. The van der Waals surface area contributed by atoms with Gasteiger partial charge in [-0.15, -0.1) is 0 Å². The second kappa shape index (κ2) is 10.0. The zero-order valence-corrected chi connectivity index (χ0v) is 19.8. The van der Waals surface area contributed by atoms with Gasteiger partial charge in [-0.2, -0.15) is 0 Å². The van der Waals surface area contributed by atoms with Crippen LogP contribution in [0.15, 0.2) is 42.5 Å². The quantitative estimate of drug-likeness (QED) is 0.496. The molecule has 35 heavy (non-hydrogen) atoms. The van der Waals surface area contributed by atoms with Gasteiger partial charge in [-0.1, -0.05) is 49.2 Å². The number of carbonyl (C=O) groups is 3. The number of hydrogen-bond acceptors (Lipinski definition) is 4. The SMILES string of the molecule is [C-]#[N+]c1ccc(CN[C@H]2CCCC[C@@H]2Cc2ccc3c(c2)CN(C2CCC(=O)NC2=O)C3=O)cc1. The third kappa shape index (κ3) is 4.98. The summed E-state index contributed by atoms with van der Waals surface area (Å²) in [6.45, 7) is 8.31. The van der Waals surface area contributed by atoms with Crippen molar-refractivity contribution in [3.05, 3.63) is 76.1 Å². The molecule has 180 valence electrons. The van der Waals surface area contributed by atoms with Gasteiger partial charge in [0.1, 0.15) is 6.04 Å². The molecule has 2 N–H and O–H groups in total. The van der Waals surface area contributed by atoms with E-state index in [-0.39, 0.29) is 24.1 Å². The van der Waals surface area contributed by atoms with Crippen molar-refractivity contribution in [1.82, 2.24) is 15.5 Å². The standard InChI is InChI=1S/C28H30N4O3/c1-29-22-9-6-18(7-10-22)16-30-24-5-3-2-4-20(24)14-19-8-11-23-21(15-19)17-32(28(23)35)25-12-13-26(33)31-27(25)34/h6-11,15,20,24-25,30H,2-5,12-14,16-17H2,(H,31,33,34)/t20-,24+,25?/m1/s1. The Morgan fingerprint density at radius 3 is 2.54 bits per heavy atom. The van der Waals surface area contributed by atoms with E-state index in [4.69, 9.17) is 6.57 Å². The molecule has 0 spiro atoms. The predicted molar refractivity (Wildman–Crippen MR) is 131 cm³/mol. The van der Waals surface area contributed by atoms with Gasteiger partial charge in [0.2, 0.25) is 11.8 Å². The topological polar surface area (TPSA) is 82.9 Å². The van der Waals surface area contributed by atoms with Crippen molar-refractivity contribution >= 4 is 23.4 Å². The molecule has 0 aromatic heterocycles. The summed E-state index contributed by atoms with van der Waals surface area (Å²) in [6, 6.07) is 13.7. The van der Waals surface area contributed by atoms with E-state index in [1.165, 1.54) is 30.4 Å². The number of carbonyl (C=O) groups excluding carboxylic acids is 3. The molecule has 0 bridgehead atoms. The van der Waals surface area contributed by atoms with Crippen LogP contribution in [0.1, 0.15) is 65.6 Å². The number of benzene rings is 2. The van der Waals surface area contributed by atoms with Crippen LogP contribution in [0.3, 0.4) is 0 Å². The van der Waals surface area contributed by atoms with Gasteiger partial charge in [0.25, 0.3) is 5.91 Å². The molecule has 1 aliphatic carbocycles. The number of fused-ring (bicyclic) bond motifs is 1. The lowest BCUT2D eigenvalue weighted by Gasteiger charge is -2.33. The van der Waals surface area contributed by atoms with E-state index in [0.29, 0.717) is 36.2 Å². The largest absolute Gasteiger partial charge is 0.322 e. The highest BCUT2D eigenvalue weighted by Gasteiger charge is 2.39. The van der Waals surface area contributed by atoms with E-state index in [9.17, 15) is 14.4 Å². The highest BCUT2D eigenvalue weighted by atomic mass is 16.2. The number of piperidine rings is 1. The molecule has 2 aromatic rings. The number of nitrogens with one attached hydrogen (secondary N) is 2. The fraction of sp³-hybridized carbons (Fsp3) is 0.429. The van der Waals surface area contributed by atoms with Crippen LogP contribution in [0.2, 0.25) is 0 Å². The molecule has 3 atom stereocenters. The molecule has 1 saturated carbocycles. The molecule has 1 saturated heterocycles. The monoisotopic (exact) mass is 470 g/mol. The lowest BCUT2D eigenvalue weighted by atomic mass is 9.80. The van der Waals surface area contributed by atoms with Crippen molar-refractivity contribution in [3.63, 3.8) is 0 Å². The molecule has 7 heteroatoms. The Morgan fingerprint density at radius 1 is 1.00 bits per heavy atom. The van der Waals surface area contributed by atoms with Gasteiger partial charge in [0.15, 0.2) is 5.69 Å². The van der Waals surface area contributed by atoms with E-state index < -0.39 is 6.04 Å². The maximum absolute atomic E-state index is 13.0. The molecule has 3 amide bonds. The first-order valence-electron chi connectivity index (χ1n) is 12.5. The van der Waals surface area contributed by atoms with Crippen LogP contribution in [-0.2, 0) is 29.1 Å². The zero-order valence-electron chi connectivity index (χ0n) is 19.8. The minimum absolute atomic E-state index is 0.123. The van der Waals surface area contributed by atoms with Crippen molar-refractivity contribution in [2.45, 2.75) is 70.1 Å². The minimum atomic E-state index is -0.577. The van der Waals surface area contributed by atoms with Gasteiger partial charge in [-0.3, -0.25) is 19.7 Å². The van der Waals surface area contributed by atoms with Crippen LogP contribution in [0.25, 0.3) is 4.85 Å². The van der Waals surface area contributed by atoms with Crippen molar-refractivity contribution in [1.29, 1.82) is 0 Å². The molecule has 2 aromatic carbocycles. The molecule has 3 aliphatic rings. The third-order valence-corrected chi connectivity index (χ3v) is 7.63. The molecular weight excluding hydrogens is 440 g/mol. The van der Waals surface area contributed by atoms with Crippen LogP contribution in [0.5, 0.6) is 0 Å². The Bertz CT molecular complexity index is 1180. The van der Waals surface area contributed by atoms with Gasteiger partial charge < -0.3 is 10.2 Å². The summed E-state index contributed by atoms with van der Waals surface area (Å²) in [7, 11) is 0. The summed E-state index contributed by atoms with van der Waals surface area (Å²) < 4.78 is 0. The van der Waals surface area contributed by atoms with Crippen LogP contribution in [0.4, 0.5) is 5.69 Å². The van der Waals surface area contributed by atoms with E-state index in [1.807, 2.05) is 30.3 Å². The maximum Gasteiger partial charge on any atom is 0.255 e. The summed E-state index contributed by atoms with van der Waals surface area (Å²) in [6.07, 6.45) is 6.38. The molecule has 5 rings (SSSR count). The average molecular weight is 471 g/mol. The second-order valence-electron chi connectivity index (χ2n) is 9.91. The Hall–Kier alpha value is -3.50. The number of nitrogens with zero attached hydrogens (tertiary/aromatic N) is 2. The van der Waals surface area contributed by atoms with Crippen molar-refractivity contribution < 1.29 is 14.4 Å². The zero-order chi connectivity index (χ0) is 24.4. The molecule has 2 heterocycles. The maximum atomic E-state index is 13.0. The first-order valence-corrected chi connectivity index (χ1v) is 12.5. The first kappa shape index (κ1) is 23.3. The van der Waals surface area contributed by atoms with E-state index in [0.717, 1.165) is 24.9 Å². The van der Waals surface area contributed by atoms with Crippen molar-refractivity contribution in [3.8, 4) is 0 Å². The number of hydrogen-bond donors (Lipinski definition) is 2. The Labute approximate surface area is 205 Å². The first-order chi connectivity index (χ1) is 17.0. The molecule has 0 radical (unpaired) electrons. The van der Waals surface area contributed by atoms with Gasteiger partial charge in [-0.05, 0) is 54.4 Å². The fourth-order valence-corrected chi connectivity index (χ4v) is 5.72. The number of amides is 3. The van der Waals surface area contributed by atoms with Gasteiger partial charge in [0, 0.05) is 31.1 Å². The third-order valence-electron chi connectivity index (χ3n) is 7.63. The highest BCUT2D eigenvalue weighted by molar-refractivity contribution is 6.05. The highest BCUT2D eigenvalue weighted by Crippen LogP contribution is 2.32. The Kier molecular flexibility index (Phi) is 6.65. The van der Waals surface area contributed by atoms with E-state index >= 15 is 0 Å². The minimum Gasteiger partial charge on any atom is -0.322 e. The molecule has 1 unspecified atom stereocenters. The molecule has 2 fully saturated rings. The van der Waals surface area contributed by atoms with Crippen LogP contribution >= 0.6 is 0 Å². The number of rotatable bonds is 6. The van der Waals surface area contributed by atoms with Crippen LogP contribution < -0.4 is 10.6 Å². The van der Waals surface area contributed by atoms with Crippen molar-refractivity contribution in [2.75, 3.05) is 0 Å². The van der Waals surface area contributed by atoms with Gasteiger partial charge in [-0.25, -0.2) is 4.85 Å². The second-order valence-corrected chi connectivity index (χ2v) is 9.91. The summed E-state index contributed by atoms with van der Waals surface area (Å²) >= 11 is 0. The summed E-state index contributed by atoms with van der Waals surface area (Å²) in [5.41, 5.74) is 4.71. The Balaban J connectivity index is 1.24. The van der Waals surface area contributed by atoms with Crippen LogP contribution in [-0.4, -0.2) is 34.7 Å². The summed E-state index contributed by atoms with van der Waals surface area (Å²) in [5, 5.41) is 6.11. The normalized spacial score (nSPS) is 24.1. The van der Waals surface area contributed by atoms with Crippen LogP contribution in [0, 0.1) is 12.5 Å². The molecule has 2 aliphatic heterocycles.